The van der Waals surface area contributed by atoms with Gasteiger partial charge in [0, 0.05) is 23.4 Å². The van der Waals surface area contributed by atoms with Crippen LogP contribution in [0.5, 0.6) is 0 Å². The maximum Gasteiger partial charge on any atom is 0.309 e. The van der Waals surface area contributed by atoms with Crippen LogP contribution in [-0.4, -0.2) is 25.8 Å². The van der Waals surface area contributed by atoms with Crippen molar-refractivity contribution in [3.05, 3.63) is 28.5 Å². The topological polar surface area (TPSA) is 68.0 Å². The van der Waals surface area contributed by atoms with Gasteiger partial charge in [-0.3, -0.25) is 9.48 Å². The molecule has 0 bridgehead atoms. The molecule has 0 aliphatic heterocycles. The molecule has 0 aliphatic rings. The summed E-state index contributed by atoms with van der Waals surface area (Å²) in [6.07, 6.45) is 0.925. The number of aliphatic carboxylic acids is 1. The zero-order valence-electron chi connectivity index (χ0n) is 11.5. The minimum absolute atomic E-state index is 0.00998. The molecule has 0 unspecified atom stereocenters. The van der Waals surface area contributed by atoms with E-state index in [2.05, 4.69) is 30.0 Å². The summed E-state index contributed by atoms with van der Waals surface area (Å²) in [6.45, 7) is 5.03. The summed E-state index contributed by atoms with van der Waals surface area (Å²) in [5.74, 6) is -0.0376. The maximum absolute atomic E-state index is 10.6. The fourth-order valence-electron chi connectivity index (χ4n) is 1.80. The minimum Gasteiger partial charge on any atom is -0.481 e. The lowest BCUT2D eigenvalue weighted by molar-refractivity contribution is -0.136. The van der Waals surface area contributed by atoms with E-state index >= 15 is 0 Å². The van der Waals surface area contributed by atoms with Crippen molar-refractivity contribution in [2.24, 2.45) is 0 Å². The summed E-state index contributed by atoms with van der Waals surface area (Å²) in [6, 6.07) is 2.13. The van der Waals surface area contributed by atoms with Crippen molar-refractivity contribution >= 4 is 29.1 Å². The molecular formula is C13H17N3O2S2. The van der Waals surface area contributed by atoms with Crippen molar-refractivity contribution in [1.29, 1.82) is 0 Å². The van der Waals surface area contributed by atoms with Crippen LogP contribution in [0.25, 0.3) is 0 Å². The second-order valence-corrected chi connectivity index (χ2v) is 6.34. The highest BCUT2D eigenvalue weighted by molar-refractivity contribution is 8.00. The van der Waals surface area contributed by atoms with Crippen LogP contribution < -0.4 is 0 Å². The Morgan fingerprint density at radius 1 is 1.45 bits per heavy atom. The maximum atomic E-state index is 10.6. The molecule has 0 fully saturated rings. The monoisotopic (exact) mass is 311 g/mol. The van der Waals surface area contributed by atoms with Gasteiger partial charge in [-0.25, -0.2) is 4.98 Å². The van der Waals surface area contributed by atoms with E-state index in [0.717, 1.165) is 28.8 Å². The number of carboxylic acids is 1. The molecule has 108 valence electrons. The second-order valence-electron chi connectivity index (χ2n) is 4.26. The molecule has 20 heavy (non-hydrogen) atoms. The molecule has 0 aromatic carbocycles. The molecule has 7 heteroatoms. The standard InChI is InChI=1S/C13H17N3O2S2/c1-3-9-5-11(16(4-2)15-9)8-20-13-14-10(7-19-13)6-12(17)18/h5,7H,3-4,6,8H2,1-2H3,(H,17,18). The van der Waals surface area contributed by atoms with Crippen molar-refractivity contribution in [3.63, 3.8) is 0 Å². The van der Waals surface area contributed by atoms with E-state index < -0.39 is 5.97 Å². The van der Waals surface area contributed by atoms with Gasteiger partial charge in [-0.15, -0.1) is 11.3 Å². The van der Waals surface area contributed by atoms with Crippen LogP contribution in [0.2, 0.25) is 0 Å². The lowest BCUT2D eigenvalue weighted by Gasteiger charge is -2.02. The van der Waals surface area contributed by atoms with E-state index in [1.807, 2.05) is 10.1 Å². The first-order chi connectivity index (χ1) is 9.62. The molecule has 0 atom stereocenters. The van der Waals surface area contributed by atoms with Gasteiger partial charge in [-0.1, -0.05) is 18.7 Å². The van der Waals surface area contributed by atoms with E-state index in [0.29, 0.717) is 5.69 Å². The van der Waals surface area contributed by atoms with E-state index in [9.17, 15) is 4.79 Å². The summed E-state index contributed by atoms with van der Waals surface area (Å²) in [7, 11) is 0. The van der Waals surface area contributed by atoms with Gasteiger partial charge in [0.1, 0.15) is 0 Å². The number of nitrogens with zero attached hydrogens (tertiary/aromatic N) is 3. The number of carbonyl (C=O) groups is 1. The number of hydrogen-bond acceptors (Lipinski definition) is 5. The number of thiazole rings is 1. The van der Waals surface area contributed by atoms with Crippen LogP contribution in [0, 0.1) is 0 Å². The molecule has 0 aliphatic carbocycles. The Morgan fingerprint density at radius 3 is 2.90 bits per heavy atom. The zero-order valence-corrected chi connectivity index (χ0v) is 13.1. The smallest absolute Gasteiger partial charge is 0.309 e. The first-order valence-electron chi connectivity index (χ1n) is 6.47. The number of hydrogen-bond donors (Lipinski definition) is 1. The van der Waals surface area contributed by atoms with Gasteiger partial charge >= 0.3 is 5.97 Å². The van der Waals surface area contributed by atoms with E-state index in [4.69, 9.17) is 5.11 Å². The van der Waals surface area contributed by atoms with Crippen molar-refractivity contribution in [2.45, 2.75) is 43.3 Å². The molecule has 2 aromatic rings. The molecule has 5 nitrogen and oxygen atoms in total. The highest BCUT2D eigenvalue weighted by atomic mass is 32.2. The molecule has 1 N–H and O–H groups in total. The van der Waals surface area contributed by atoms with Crippen LogP contribution in [-0.2, 0) is 29.9 Å². The van der Waals surface area contributed by atoms with Gasteiger partial charge < -0.3 is 5.11 Å². The largest absolute Gasteiger partial charge is 0.481 e. The SMILES string of the molecule is CCc1cc(CSc2nc(CC(=O)O)cs2)n(CC)n1. The van der Waals surface area contributed by atoms with Crippen LogP contribution in [0.1, 0.15) is 30.9 Å². The number of thioether (sulfide) groups is 1. The third-order valence-electron chi connectivity index (χ3n) is 2.78. The normalized spacial score (nSPS) is 10.9. The highest BCUT2D eigenvalue weighted by Crippen LogP contribution is 2.26. The Labute approximate surface area is 126 Å². The fourth-order valence-corrected chi connectivity index (χ4v) is 3.63. The summed E-state index contributed by atoms with van der Waals surface area (Å²) in [4.78, 5) is 14.9. The van der Waals surface area contributed by atoms with Gasteiger partial charge in [0.15, 0.2) is 4.34 Å². The number of aryl methyl sites for hydroxylation is 2. The molecular weight excluding hydrogens is 294 g/mol. The number of rotatable bonds is 7. The lowest BCUT2D eigenvalue weighted by atomic mass is 10.3. The molecule has 0 saturated heterocycles. The van der Waals surface area contributed by atoms with E-state index in [1.165, 1.54) is 17.0 Å². The van der Waals surface area contributed by atoms with Crippen molar-refractivity contribution in [1.82, 2.24) is 14.8 Å². The number of carboxylic acid groups (broad SMARTS) is 1. The average Bonchev–Trinajstić information content (AvgIpc) is 3.01. The quantitative estimate of drug-likeness (QED) is 0.796. The molecule has 2 aromatic heterocycles. The Kier molecular flexibility index (Phi) is 5.19. The van der Waals surface area contributed by atoms with E-state index in [-0.39, 0.29) is 6.42 Å². The van der Waals surface area contributed by atoms with Crippen LogP contribution in [0.4, 0.5) is 0 Å². The van der Waals surface area contributed by atoms with Gasteiger partial charge in [-0.2, -0.15) is 5.10 Å². The third-order valence-corrected chi connectivity index (χ3v) is 4.89. The summed E-state index contributed by atoms with van der Waals surface area (Å²) in [5.41, 5.74) is 2.92. The summed E-state index contributed by atoms with van der Waals surface area (Å²) in [5, 5.41) is 15.1. The Morgan fingerprint density at radius 2 is 2.25 bits per heavy atom. The van der Waals surface area contributed by atoms with Crippen LogP contribution >= 0.6 is 23.1 Å². The number of aromatic nitrogens is 3. The van der Waals surface area contributed by atoms with Crippen molar-refractivity contribution in [2.75, 3.05) is 0 Å². The highest BCUT2D eigenvalue weighted by Gasteiger charge is 2.09. The van der Waals surface area contributed by atoms with Gasteiger partial charge in [-0.05, 0) is 19.4 Å². The predicted molar refractivity (Wildman–Crippen MR) is 80.3 cm³/mol. The van der Waals surface area contributed by atoms with Crippen molar-refractivity contribution < 1.29 is 9.90 Å². The van der Waals surface area contributed by atoms with Gasteiger partial charge in [0.05, 0.1) is 17.8 Å². The van der Waals surface area contributed by atoms with E-state index in [1.54, 1.807) is 11.8 Å². The second kappa shape index (κ2) is 6.90. The molecule has 0 saturated carbocycles. The molecule has 0 radical (unpaired) electrons. The van der Waals surface area contributed by atoms with Crippen LogP contribution in [0.15, 0.2) is 15.8 Å². The molecule has 0 spiro atoms. The first-order valence-corrected chi connectivity index (χ1v) is 8.33. The summed E-state index contributed by atoms with van der Waals surface area (Å²) >= 11 is 3.12. The lowest BCUT2D eigenvalue weighted by Crippen LogP contribution is -2.01. The molecule has 0 amide bonds. The van der Waals surface area contributed by atoms with Gasteiger partial charge in [0.2, 0.25) is 0 Å². The Hall–Kier alpha value is -1.34. The van der Waals surface area contributed by atoms with Crippen LogP contribution in [0.3, 0.4) is 0 Å². The Bertz CT molecular complexity index is 592. The fraction of sp³-hybridized carbons (Fsp3) is 0.462. The summed E-state index contributed by atoms with van der Waals surface area (Å²) < 4.78 is 2.92. The molecule has 2 rings (SSSR count). The predicted octanol–water partition coefficient (Wildman–Crippen LogP) is 2.84. The van der Waals surface area contributed by atoms with Crippen molar-refractivity contribution in [3.8, 4) is 0 Å². The third kappa shape index (κ3) is 3.83. The van der Waals surface area contributed by atoms with Gasteiger partial charge in [0.25, 0.3) is 0 Å². The Balaban J connectivity index is 1.99. The zero-order chi connectivity index (χ0) is 14.5. The minimum atomic E-state index is -0.844. The first kappa shape index (κ1) is 15.1. The average molecular weight is 311 g/mol. The molecule has 2 heterocycles.